The summed E-state index contributed by atoms with van der Waals surface area (Å²) in [6, 6.07) is 20.5. The minimum atomic E-state index is -0.0400. The molecule has 4 N–H and O–H groups in total. The largest absolute Gasteiger partial charge is 0.360 e. The molecule has 2 aromatic carbocycles. The first-order valence-corrected chi connectivity index (χ1v) is 10.1. The van der Waals surface area contributed by atoms with Crippen LogP contribution in [0.4, 0.5) is 5.69 Å². The molecule has 148 valence electrons. The molecule has 1 fully saturated rings. The number of amides is 1. The number of carbonyl (C=O) groups excluding carboxylic acids is 1. The van der Waals surface area contributed by atoms with Crippen LogP contribution in [0.1, 0.15) is 12.0 Å². The van der Waals surface area contributed by atoms with Crippen LogP contribution < -0.4 is 26.0 Å². The molecule has 0 saturated carbocycles. The molecule has 0 atom stereocenters. The molecule has 7 heteroatoms. The topological polar surface area (TPSA) is 60.8 Å². The van der Waals surface area contributed by atoms with Gasteiger partial charge in [-0.15, -0.1) is 0 Å². The number of piperazine rings is 1. The van der Waals surface area contributed by atoms with E-state index in [0.717, 1.165) is 38.3 Å². The zero-order valence-corrected chi connectivity index (χ0v) is 16.8. The molecule has 0 unspecified atom stereocenters. The van der Waals surface area contributed by atoms with Crippen LogP contribution in [-0.2, 0) is 11.3 Å². The highest BCUT2D eigenvalue weighted by molar-refractivity contribution is 7.80. The van der Waals surface area contributed by atoms with Gasteiger partial charge in [0.1, 0.15) is 0 Å². The van der Waals surface area contributed by atoms with Crippen LogP contribution in [0.3, 0.4) is 0 Å². The van der Waals surface area contributed by atoms with Crippen LogP contribution in [0.15, 0.2) is 60.7 Å². The summed E-state index contributed by atoms with van der Waals surface area (Å²) in [5.41, 5.74) is 7.86. The summed E-state index contributed by atoms with van der Waals surface area (Å²) in [5, 5.41) is 3.49. The van der Waals surface area contributed by atoms with Gasteiger partial charge in [0.2, 0.25) is 5.91 Å². The Kier molecular flexibility index (Phi) is 7.63. The van der Waals surface area contributed by atoms with E-state index < -0.39 is 0 Å². The number of hydrogen-bond acceptors (Lipinski definition) is 3. The van der Waals surface area contributed by atoms with E-state index in [0.29, 0.717) is 18.1 Å². The van der Waals surface area contributed by atoms with Gasteiger partial charge < -0.3 is 15.1 Å². The zero-order valence-electron chi connectivity index (χ0n) is 16.0. The van der Waals surface area contributed by atoms with Gasteiger partial charge in [-0.3, -0.25) is 15.6 Å². The van der Waals surface area contributed by atoms with E-state index in [2.05, 4.69) is 45.3 Å². The van der Waals surface area contributed by atoms with Crippen LogP contribution in [0, 0.1) is 0 Å². The number of nitrogens with one attached hydrogen (secondary N) is 4. The summed E-state index contributed by atoms with van der Waals surface area (Å²) in [6.07, 6.45) is 0.481. The average molecular weight is 399 g/mol. The average Bonchev–Trinajstić information content (AvgIpc) is 2.76. The molecule has 1 aliphatic rings. The van der Waals surface area contributed by atoms with Gasteiger partial charge in [-0.25, -0.2) is 0 Å². The van der Waals surface area contributed by atoms with Gasteiger partial charge in [0.15, 0.2) is 5.11 Å². The molecule has 28 heavy (non-hydrogen) atoms. The van der Waals surface area contributed by atoms with Crippen molar-refractivity contribution in [1.29, 1.82) is 0 Å². The fraction of sp³-hybridized carbons (Fsp3) is 0.333. The van der Waals surface area contributed by atoms with E-state index in [-0.39, 0.29) is 5.91 Å². The Balaban J connectivity index is 1.28. The molecule has 1 aliphatic heterocycles. The van der Waals surface area contributed by atoms with Crippen molar-refractivity contribution >= 4 is 28.9 Å². The molecule has 3 rings (SSSR count). The first-order valence-electron chi connectivity index (χ1n) is 9.71. The van der Waals surface area contributed by atoms with E-state index >= 15 is 0 Å². The van der Waals surface area contributed by atoms with Gasteiger partial charge in [0, 0.05) is 12.2 Å². The minimum Gasteiger partial charge on any atom is -0.360 e. The van der Waals surface area contributed by atoms with Crippen molar-refractivity contribution in [3.8, 4) is 0 Å². The summed E-state index contributed by atoms with van der Waals surface area (Å²) in [5.74, 6) is -0.0400. The van der Waals surface area contributed by atoms with Gasteiger partial charge in [-0.2, -0.15) is 0 Å². The second kappa shape index (κ2) is 10.6. The monoisotopic (exact) mass is 398 g/mol. The van der Waals surface area contributed by atoms with Gasteiger partial charge >= 0.3 is 0 Å². The highest BCUT2D eigenvalue weighted by Crippen LogP contribution is 2.12. The molecule has 0 bridgehead atoms. The molecule has 1 saturated heterocycles. The number of quaternary nitrogens is 1. The van der Waals surface area contributed by atoms with Gasteiger partial charge in [-0.1, -0.05) is 48.5 Å². The molecule has 2 aromatic rings. The quantitative estimate of drug-likeness (QED) is 0.421. The standard InChI is InChI=1S/C21H27N5OS/c27-20(23-24-21(28)22-17-18-7-3-1-4-8-18)11-12-25-13-15-26(16-14-25)19-9-5-2-6-10-19/h1-10H,11-17H2,(H,23,27)(H2,22,24,28)/p+1. The Morgan fingerprint density at radius 1 is 0.964 bits per heavy atom. The van der Waals surface area contributed by atoms with Crippen molar-refractivity contribution in [1.82, 2.24) is 16.2 Å². The second-order valence-electron chi connectivity index (χ2n) is 6.91. The number of nitrogens with zero attached hydrogens (tertiary/aromatic N) is 1. The second-order valence-corrected chi connectivity index (χ2v) is 7.32. The lowest BCUT2D eigenvalue weighted by Crippen LogP contribution is -3.15. The van der Waals surface area contributed by atoms with Crippen molar-refractivity contribution in [2.24, 2.45) is 0 Å². The van der Waals surface area contributed by atoms with E-state index in [4.69, 9.17) is 12.2 Å². The van der Waals surface area contributed by atoms with E-state index in [9.17, 15) is 4.79 Å². The minimum absolute atomic E-state index is 0.0400. The number of para-hydroxylation sites is 1. The van der Waals surface area contributed by atoms with Crippen molar-refractivity contribution < 1.29 is 9.69 Å². The van der Waals surface area contributed by atoms with E-state index in [1.807, 2.05) is 36.4 Å². The van der Waals surface area contributed by atoms with Crippen LogP contribution in [-0.4, -0.2) is 43.7 Å². The molecular weight excluding hydrogens is 370 g/mol. The van der Waals surface area contributed by atoms with Crippen LogP contribution in [0.25, 0.3) is 0 Å². The third-order valence-electron chi connectivity index (χ3n) is 4.91. The Bertz CT molecular complexity index is 748. The third kappa shape index (κ3) is 6.51. The fourth-order valence-electron chi connectivity index (χ4n) is 3.27. The Morgan fingerprint density at radius 3 is 2.29 bits per heavy atom. The summed E-state index contributed by atoms with van der Waals surface area (Å²) in [7, 11) is 0. The van der Waals surface area contributed by atoms with Crippen molar-refractivity contribution in [2.45, 2.75) is 13.0 Å². The Morgan fingerprint density at radius 2 is 1.61 bits per heavy atom. The van der Waals surface area contributed by atoms with Crippen LogP contribution >= 0.6 is 12.2 Å². The fourth-order valence-corrected chi connectivity index (χ4v) is 3.39. The maximum atomic E-state index is 12.1. The molecule has 6 nitrogen and oxygen atoms in total. The molecule has 1 amide bonds. The maximum Gasteiger partial charge on any atom is 0.244 e. The molecule has 0 aromatic heterocycles. The smallest absolute Gasteiger partial charge is 0.244 e. The maximum absolute atomic E-state index is 12.1. The Hall–Kier alpha value is -2.64. The SMILES string of the molecule is O=C(CC[NH+]1CCN(c2ccccc2)CC1)NNC(=S)NCc1ccccc1. The highest BCUT2D eigenvalue weighted by Gasteiger charge is 2.20. The molecule has 1 heterocycles. The number of hydrazine groups is 1. The first-order chi connectivity index (χ1) is 13.7. The van der Waals surface area contributed by atoms with Gasteiger partial charge in [0.25, 0.3) is 0 Å². The van der Waals surface area contributed by atoms with E-state index in [1.165, 1.54) is 10.6 Å². The highest BCUT2D eigenvalue weighted by atomic mass is 32.1. The van der Waals surface area contributed by atoms with Crippen molar-refractivity contribution in [2.75, 3.05) is 37.6 Å². The van der Waals surface area contributed by atoms with Gasteiger partial charge in [0.05, 0.1) is 39.1 Å². The molecule has 0 aliphatic carbocycles. The number of hydrogen-bond donors (Lipinski definition) is 4. The molecular formula is C21H28N5OS+. The number of carbonyl (C=O) groups is 1. The van der Waals surface area contributed by atoms with Crippen LogP contribution in [0.2, 0.25) is 0 Å². The number of anilines is 1. The summed E-state index contributed by atoms with van der Waals surface area (Å²) >= 11 is 5.19. The summed E-state index contributed by atoms with van der Waals surface area (Å²) in [4.78, 5) is 15.9. The lowest BCUT2D eigenvalue weighted by Gasteiger charge is -2.33. The number of benzene rings is 2. The third-order valence-corrected chi connectivity index (χ3v) is 5.16. The lowest BCUT2D eigenvalue weighted by molar-refractivity contribution is -0.900. The number of thiocarbonyl (C=S) groups is 1. The summed E-state index contributed by atoms with van der Waals surface area (Å²) in [6.45, 7) is 5.59. The van der Waals surface area contributed by atoms with Crippen molar-refractivity contribution in [3.63, 3.8) is 0 Å². The first kappa shape index (κ1) is 20.1. The van der Waals surface area contributed by atoms with Crippen LogP contribution in [0.5, 0.6) is 0 Å². The summed E-state index contributed by atoms with van der Waals surface area (Å²) < 4.78 is 0. The van der Waals surface area contributed by atoms with Crippen molar-refractivity contribution in [3.05, 3.63) is 66.2 Å². The predicted molar refractivity (Wildman–Crippen MR) is 116 cm³/mol. The predicted octanol–water partition coefficient (Wildman–Crippen LogP) is 0.477. The van der Waals surface area contributed by atoms with Gasteiger partial charge in [-0.05, 0) is 29.9 Å². The zero-order chi connectivity index (χ0) is 19.6. The van der Waals surface area contributed by atoms with E-state index in [1.54, 1.807) is 0 Å². The lowest BCUT2D eigenvalue weighted by atomic mass is 10.2. The number of rotatable bonds is 6. The Labute approximate surface area is 171 Å². The normalized spacial score (nSPS) is 14.4. The molecule has 0 spiro atoms. The molecule has 0 radical (unpaired) electrons.